The zero-order valence-electron chi connectivity index (χ0n) is 18.9. The van der Waals surface area contributed by atoms with Gasteiger partial charge in [-0.3, -0.25) is 14.4 Å². The second-order valence-corrected chi connectivity index (χ2v) is 8.61. The summed E-state index contributed by atoms with van der Waals surface area (Å²) in [7, 11) is 0. The summed E-state index contributed by atoms with van der Waals surface area (Å²) in [4.78, 5) is 38.7. The molecule has 0 radical (unpaired) electrons. The van der Waals surface area contributed by atoms with E-state index in [2.05, 4.69) is 17.6 Å². The van der Waals surface area contributed by atoms with E-state index in [0.717, 1.165) is 19.3 Å². The summed E-state index contributed by atoms with van der Waals surface area (Å²) in [5.74, 6) is -1.94. The van der Waals surface area contributed by atoms with Gasteiger partial charge in [0.2, 0.25) is 0 Å². The third-order valence-electron chi connectivity index (χ3n) is 6.17. The van der Waals surface area contributed by atoms with Crippen molar-refractivity contribution >= 4 is 23.3 Å². The van der Waals surface area contributed by atoms with Gasteiger partial charge in [0.05, 0.1) is 17.8 Å². The lowest BCUT2D eigenvalue weighted by molar-refractivity contribution is -0.117. The number of hydrogen-bond donors (Lipinski definition) is 2. The second-order valence-electron chi connectivity index (χ2n) is 8.61. The molecule has 1 aromatic carbocycles. The number of halogens is 2. The van der Waals surface area contributed by atoms with Gasteiger partial charge in [0, 0.05) is 17.4 Å². The Morgan fingerprint density at radius 2 is 1.88 bits per heavy atom. The Morgan fingerprint density at radius 1 is 1.16 bits per heavy atom. The number of alkyl halides is 1. The van der Waals surface area contributed by atoms with Crippen LogP contribution in [0, 0.1) is 32.5 Å². The SMILES string of the molecule is Cc1cc(NC(=O)c2c(C)c(C(=O)C(=O)N[C@H]3CC[C@H](C)C3)n(CCF)c2C)ccc1F. The van der Waals surface area contributed by atoms with Crippen LogP contribution in [0.2, 0.25) is 0 Å². The number of amides is 2. The van der Waals surface area contributed by atoms with Crippen molar-refractivity contribution < 1.29 is 23.2 Å². The van der Waals surface area contributed by atoms with Crippen molar-refractivity contribution in [2.45, 2.75) is 59.5 Å². The lowest BCUT2D eigenvalue weighted by Crippen LogP contribution is -2.39. The predicted octanol–water partition coefficient (Wildman–Crippen LogP) is 4.26. The van der Waals surface area contributed by atoms with Crippen LogP contribution in [0.1, 0.15) is 63.9 Å². The van der Waals surface area contributed by atoms with E-state index >= 15 is 0 Å². The third-order valence-corrected chi connectivity index (χ3v) is 6.17. The molecule has 1 aliphatic carbocycles. The standard InChI is InChI=1S/C24H29F2N3O3/c1-13-5-6-17(11-13)28-24(32)22(30)21-15(3)20(16(4)29(21)10-9-25)23(31)27-18-7-8-19(26)14(2)12-18/h7-8,12-13,17H,5-6,9-11H2,1-4H3,(H,27,31)(H,28,32)/t13-,17-/m0/s1. The maximum Gasteiger partial charge on any atom is 0.294 e. The molecular formula is C24H29F2N3O3. The molecule has 0 saturated heterocycles. The zero-order valence-corrected chi connectivity index (χ0v) is 18.9. The molecule has 6 nitrogen and oxygen atoms in total. The Hall–Kier alpha value is -3.03. The number of carbonyl (C=O) groups is 3. The van der Waals surface area contributed by atoms with Gasteiger partial charge in [0.25, 0.3) is 17.6 Å². The van der Waals surface area contributed by atoms with Crippen molar-refractivity contribution in [1.29, 1.82) is 0 Å². The first kappa shape index (κ1) is 23.6. The first-order valence-electron chi connectivity index (χ1n) is 10.8. The fourth-order valence-corrected chi connectivity index (χ4v) is 4.50. The minimum Gasteiger partial charge on any atom is -0.346 e. The molecule has 2 N–H and O–H groups in total. The summed E-state index contributed by atoms with van der Waals surface area (Å²) in [6.07, 6.45) is 2.62. The molecule has 8 heteroatoms. The van der Waals surface area contributed by atoms with Gasteiger partial charge >= 0.3 is 0 Å². The maximum atomic E-state index is 13.5. The first-order chi connectivity index (χ1) is 15.1. The van der Waals surface area contributed by atoms with E-state index in [4.69, 9.17) is 0 Å². The number of nitrogens with one attached hydrogen (secondary N) is 2. The molecule has 0 bridgehead atoms. The molecule has 1 heterocycles. The summed E-state index contributed by atoms with van der Waals surface area (Å²) in [5.41, 5.74) is 1.69. The highest BCUT2D eigenvalue weighted by Gasteiger charge is 2.32. The number of anilines is 1. The Bertz CT molecular complexity index is 1060. The van der Waals surface area contributed by atoms with Crippen LogP contribution in [0.3, 0.4) is 0 Å². The van der Waals surface area contributed by atoms with Crippen LogP contribution in [0.15, 0.2) is 18.2 Å². The number of Topliss-reactive ketones (excluding diaryl/α,β-unsaturated/α-hetero) is 1. The van der Waals surface area contributed by atoms with E-state index in [0.29, 0.717) is 28.4 Å². The number of rotatable bonds is 7. The minimum atomic E-state index is -0.782. The molecule has 0 unspecified atom stereocenters. The number of ketones is 1. The minimum absolute atomic E-state index is 0.0177. The third kappa shape index (κ3) is 4.74. The highest BCUT2D eigenvalue weighted by Crippen LogP contribution is 2.27. The van der Waals surface area contributed by atoms with Crippen LogP contribution < -0.4 is 10.6 Å². The summed E-state index contributed by atoms with van der Waals surface area (Å²) in [6, 6.07) is 4.13. The Kier molecular flexibility index (Phi) is 7.11. The average Bonchev–Trinajstić information content (AvgIpc) is 3.24. The first-order valence-corrected chi connectivity index (χ1v) is 10.8. The van der Waals surface area contributed by atoms with E-state index in [1.54, 1.807) is 20.8 Å². The fourth-order valence-electron chi connectivity index (χ4n) is 4.50. The van der Waals surface area contributed by atoms with Crippen molar-refractivity contribution in [1.82, 2.24) is 9.88 Å². The van der Waals surface area contributed by atoms with E-state index in [9.17, 15) is 23.2 Å². The van der Waals surface area contributed by atoms with Gasteiger partial charge in [-0.1, -0.05) is 6.92 Å². The lowest BCUT2D eigenvalue weighted by atomic mass is 10.1. The summed E-state index contributed by atoms with van der Waals surface area (Å²) >= 11 is 0. The van der Waals surface area contributed by atoms with Crippen LogP contribution in [-0.4, -0.2) is 34.9 Å². The average molecular weight is 446 g/mol. The highest BCUT2D eigenvalue weighted by atomic mass is 19.1. The Labute approximate surface area is 186 Å². The molecule has 0 spiro atoms. The van der Waals surface area contributed by atoms with Crippen LogP contribution >= 0.6 is 0 Å². The van der Waals surface area contributed by atoms with Crippen molar-refractivity contribution in [2.75, 3.05) is 12.0 Å². The number of benzene rings is 1. The number of aryl methyl sites for hydroxylation is 1. The van der Waals surface area contributed by atoms with Crippen molar-refractivity contribution in [3.8, 4) is 0 Å². The van der Waals surface area contributed by atoms with Gasteiger partial charge in [0.1, 0.15) is 12.5 Å². The molecule has 1 aromatic heterocycles. The molecule has 1 fully saturated rings. The van der Waals surface area contributed by atoms with Crippen LogP contribution in [0.5, 0.6) is 0 Å². The molecule has 2 amide bonds. The second kappa shape index (κ2) is 9.63. The molecule has 172 valence electrons. The molecular weight excluding hydrogens is 416 g/mol. The van der Waals surface area contributed by atoms with E-state index in [1.807, 2.05) is 0 Å². The predicted molar refractivity (Wildman–Crippen MR) is 118 cm³/mol. The fraction of sp³-hybridized carbons (Fsp3) is 0.458. The van der Waals surface area contributed by atoms with Crippen molar-refractivity contribution in [3.63, 3.8) is 0 Å². The highest BCUT2D eigenvalue weighted by molar-refractivity contribution is 6.43. The number of carbonyl (C=O) groups excluding carboxylic acids is 3. The van der Waals surface area contributed by atoms with Gasteiger partial charge in [-0.2, -0.15) is 0 Å². The largest absolute Gasteiger partial charge is 0.346 e. The molecule has 2 atom stereocenters. The van der Waals surface area contributed by atoms with Crippen LogP contribution in [0.25, 0.3) is 0 Å². The molecule has 3 rings (SSSR count). The Morgan fingerprint density at radius 3 is 2.47 bits per heavy atom. The monoisotopic (exact) mass is 445 g/mol. The normalized spacial score (nSPS) is 17.9. The van der Waals surface area contributed by atoms with Crippen molar-refractivity contribution in [2.24, 2.45) is 5.92 Å². The molecule has 1 saturated carbocycles. The van der Waals surface area contributed by atoms with Gasteiger partial charge in [0.15, 0.2) is 0 Å². The van der Waals surface area contributed by atoms with Gasteiger partial charge < -0.3 is 15.2 Å². The van der Waals surface area contributed by atoms with Crippen molar-refractivity contribution in [3.05, 3.63) is 52.1 Å². The van der Waals surface area contributed by atoms with Gasteiger partial charge in [-0.15, -0.1) is 0 Å². The smallest absolute Gasteiger partial charge is 0.294 e. The zero-order chi connectivity index (χ0) is 23.6. The molecule has 32 heavy (non-hydrogen) atoms. The Balaban J connectivity index is 1.90. The number of nitrogens with zero attached hydrogens (tertiary/aromatic N) is 1. The van der Waals surface area contributed by atoms with Crippen LogP contribution in [0.4, 0.5) is 14.5 Å². The van der Waals surface area contributed by atoms with E-state index in [1.165, 1.54) is 22.8 Å². The quantitative estimate of drug-likeness (QED) is 0.494. The van der Waals surface area contributed by atoms with Gasteiger partial charge in [-0.25, -0.2) is 8.78 Å². The molecule has 2 aromatic rings. The summed E-state index contributed by atoms with van der Waals surface area (Å²) in [5, 5.41) is 5.48. The summed E-state index contributed by atoms with van der Waals surface area (Å²) in [6.45, 7) is 5.96. The van der Waals surface area contributed by atoms with E-state index < -0.39 is 24.3 Å². The molecule has 0 aliphatic heterocycles. The number of aromatic nitrogens is 1. The maximum absolute atomic E-state index is 13.5. The summed E-state index contributed by atoms with van der Waals surface area (Å²) < 4.78 is 28.2. The van der Waals surface area contributed by atoms with Gasteiger partial charge in [-0.05, 0) is 75.3 Å². The van der Waals surface area contributed by atoms with Crippen LogP contribution in [-0.2, 0) is 11.3 Å². The topological polar surface area (TPSA) is 80.2 Å². The van der Waals surface area contributed by atoms with E-state index in [-0.39, 0.29) is 29.7 Å². The lowest BCUT2D eigenvalue weighted by Gasteiger charge is -2.13. The number of hydrogen-bond acceptors (Lipinski definition) is 3. The molecule has 1 aliphatic rings.